The van der Waals surface area contributed by atoms with Gasteiger partial charge in [-0.25, -0.2) is 4.98 Å². The number of ether oxygens (including phenoxy) is 3. The number of nitrogens with one attached hydrogen (secondary N) is 2. The lowest BCUT2D eigenvalue weighted by Gasteiger charge is -2.14. The molecule has 0 saturated carbocycles. The summed E-state index contributed by atoms with van der Waals surface area (Å²) in [4.78, 5) is 33.7. The molecule has 10 nitrogen and oxygen atoms in total. The van der Waals surface area contributed by atoms with E-state index in [4.69, 9.17) is 14.2 Å². The predicted octanol–water partition coefficient (Wildman–Crippen LogP) is 1.31. The van der Waals surface area contributed by atoms with Gasteiger partial charge in [0.05, 0.1) is 27.0 Å². The summed E-state index contributed by atoms with van der Waals surface area (Å²) in [6, 6.07) is 2.99. The number of hydrogen-bond acceptors (Lipinski definition) is 7. The SMILES string of the molecule is COc1cc(C(=O)Nc2c(C)nc3nc(C)[nH]n3c2=O)cc(OC)c1OC. The number of H-pyrrole nitrogens is 1. The first-order valence-electron chi connectivity index (χ1n) is 7.97. The highest BCUT2D eigenvalue weighted by molar-refractivity contribution is 6.05. The third-order valence-corrected chi connectivity index (χ3v) is 3.95. The molecule has 3 rings (SSSR count). The minimum Gasteiger partial charge on any atom is -0.493 e. The van der Waals surface area contributed by atoms with Crippen molar-refractivity contribution in [3.8, 4) is 17.2 Å². The summed E-state index contributed by atoms with van der Waals surface area (Å²) in [5, 5.41) is 5.38. The van der Waals surface area contributed by atoms with Crippen LogP contribution < -0.4 is 25.1 Å². The van der Waals surface area contributed by atoms with E-state index in [1.54, 1.807) is 13.8 Å². The third kappa shape index (κ3) is 3.16. The van der Waals surface area contributed by atoms with E-state index in [0.717, 1.165) is 0 Å². The molecular formula is C17H19N5O5. The van der Waals surface area contributed by atoms with Crippen LogP contribution >= 0.6 is 0 Å². The van der Waals surface area contributed by atoms with Gasteiger partial charge in [-0.3, -0.25) is 14.7 Å². The van der Waals surface area contributed by atoms with Gasteiger partial charge in [0.2, 0.25) is 5.75 Å². The first kappa shape index (κ1) is 18.2. The number of fused-ring (bicyclic) bond motifs is 1. The number of benzene rings is 1. The maximum absolute atomic E-state index is 12.7. The monoisotopic (exact) mass is 373 g/mol. The summed E-state index contributed by atoms with van der Waals surface area (Å²) >= 11 is 0. The van der Waals surface area contributed by atoms with Crippen LogP contribution in [0.5, 0.6) is 17.2 Å². The molecule has 0 radical (unpaired) electrons. The zero-order valence-corrected chi connectivity index (χ0v) is 15.5. The summed E-state index contributed by atoms with van der Waals surface area (Å²) in [5.74, 6) is 1.27. The molecule has 0 atom stereocenters. The number of amides is 1. The number of aromatic amines is 1. The summed E-state index contributed by atoms with van der Waals surface area (Å²) in [6.07, 6.45) is 0. The largest absolute Gasteiger partial charge is 0.493 e. The molecule has 0 spiro atoms. The van der Waals surface area contributed by atoms with Crippen LogP contribution in [0, 0.1) is 13.8 Å². The van der Waals surface area contributed by atoms with Gasteiger partial charge in [-0.1, -0.05) is 0 Å². The van der Waals surface area contributed by atoms with Crippen LogP contribution in [0.3, 0.4) is 0 Å². The Hall–Kier alpha value is -3.56. The standard InChI is InChI=1S/C17H19N5O5/c1-8-13(16(24)22-17(18-8)19-9(2)21-22)20-15(23)10-6-11(25-3)14(27-5)12(7-10)26-4/h6-7H,1-5H3,(H,20,23)(H,18,19,21). The van der Waals surface area contributed by atoms with Gasteiger partial charge in [-0.05, 0) is 26.0 Å². The molecule has 0 aliphatic carbocycles. The average molecular weight is 373 g/mol. The second kappa shape index (κ2) is 6.98. The molecule has 3 aromatic rings. The molecule has 0 aliphatic rings. The Morgan fingerprint density at radius 1 is 1.07 bits per heavy atom. The molecule has 2 heterocycles. The number of nitrogens with zero attached hydrogens (tertiary/aromatic N) is 3. The third-order valence-electron chi connectivity index (χ3n) is 3.95. The Bertz CT molecular complexity index is 1060. The topological polar surface area (TPSA) is 120 Å². The lowest BCUT2D eigenvalue weighted by molar-refractivity contribution is 0.102. The number of hydrogen-bond donors (Lipinski definition) is 2. The van der Waals surface area contributed by atoms with Crippen LogP contribution in [0.25, 0.3) is 5.78 Å². The second-order valence-corrected chi connectivity index (χ2v) is 5.69. The van der Waals surface area contributed by atoms with Crippen molar-refractivity contribution in [1.29, 1.82) is 0 Å². The summed E-state index contributed by atoms with van der Waals surface area (Å²) in [6.45, 7) is 3.33. The molecule has 2 N–H and O–H groups in total. The fourth-order valence-corrected chi connectivity index (χ4v) is 2.67. The average Bonchev–Trinajstić information content (AvgIpc) is 3.03. The van der Waals surface area contributed by atoms with E-state index >= 15 is 0 Å². The van der Waals surface area contributed by atoms with Gasteiger partial charge in [-0.15, -0.1) is 0 Å². The van der Waals surface area contributed by atoms with Crippen molar-refractivity contribution in [3.05, 3.63) is 39.6 Å². The van der Waals surface area contributed by atoms with Crippen molar-refractivity contribution >= 4 is 17.4 Å². The molecule has 0 aliphatic heterocycles. The van der Waals surface area contributed by atoms with Crippen LogP contribution in [0.15, 0.2) is 16.9 Å². The zero-order chi connectivity index (χ0) is 19.7. The zero-order valence-electron chi connectivity index (χ0n) is 15.5. The van der Waals surface area contributed by atoms with Crippen LogP contribution in [0.2, 0.25) is 0 Å². The fourth-order valence-electron chi connectivity index (χ4n) is 2.67. The van der Waals surface area contributed by atoms with E-state index in [9.17, 15) is 9.59 Å². The Morgan fingerprint density at radius 3 is 2.26 bits per heavy atom. The van der Waals surface area contributed by atoms with E-state index in [0.29, 0.717) is 28.8 Å². The number of aryl methyl sites for hydroxylation is 2. The molecule has 1 amide bonds. The van der Waals surface area contributed by atoms with E-state index < -0.39 is 11.5 Å². The molecule has 2 aromatic heterocycles. The predicted molar refractivity (Wildman–Crippen MR) is 97.1 cm³/mol. The number of carbonyl (C=O) groups excluding carboxylic acids is 1. The maximum Gasteiger partial charge on any atom is 0.298 e. The smallest absolute Gasteiger partial charge is 0.298 e. The van der Waals surface area contributed by atoms with Crippen molar-refractivity contribution in [2.24, 2.45) is 0 Å². The van der Waals surface area contributed by atoms with Crippen molar-refractivity contribution in [2.75, 3.05) is 26.6 Å². The molecule has 0 fully saturated rings. The highest BCUT2D eigenvalue weighted by atomic mass is 16.5. The Kier molecular flexibility index (Phi) is 4.72. The molecule has 10 heteroatoms. The number of carbonyl (C=O) groups is 1. The van der Waals surface area contributed by atoms with Crippen molar-refractivity contribution in [3.63, 3.8) is 0 Å². The fraction of sp³-hybridized carbons (Fsp3) is 0.294. The number of anilines is 1. The minimum atomic E-state index is -0.521. The van der Waals surface area contributed by atoms with Gasteiger partial charge in [0.15, 0.2) is 11.5 Å². The molecule has 142 valence electrons. The maximum atomic E-state index is 12.7. The van der Waals surface area contributed by atoms with Crippen LogP contribution in [0.1, 0.15) is 21.9 Å². The molecule has 0 unspecified atom stereocenters. The summed E-state index contributed by atoms with van der Waals surface area (Å²) < 4.78 is 16.9. The first-order chi connectivity index (χ1) is 12.9. The number of aromatic nitrogens is 4. The lowest BCUT2D eigenvalue weighted by atomic mass is 10.1. The molecule has 0 bridgehead atoms. The van der Waals surface area contributed by atoms with Crippen molar-refractivity contribution < 1.29 is 19.0 Å². The van der Waals surface area contributed by atoms with Gasteiger partial charge in [0.25, 0.3) is 17.2 Å². The van der Waals surface area contributed by atoms with Gasteiger partial charge < -0.3 is 19.5 Å². The van der Waals surface area contributed by atoms with Gasteiger partial charge in [-0.2, -0.15) is 9.50 Å². The van der Waals surface area contributed by atoms with E-state index in [-0.39, 0.29) is 17.0 Å². The highest BCUT2D eigenvalue weighted by Crippen LogP contribution is 2.38. The van der Waals surface area contributed by atoms with E-state index in [2.05, 4.69) is 20.4 Å². The van der Waals surface area contributed by atoms with Crippen molar-refractivity contribution in [2.45, 2.75) is 13.8 Å². The number of methoxy groups -OCH3 is 3. The molecule has 27 heavy (non-hydrogen) atoms. The molecular weight excluding hydrogens is 354 g/mol. The minimum absolute atomic E-state index is 0.0508. The van der Waals surface area contributed by atoms with Crippen LogP contribution in [0.4, 0.5) is 5.69 Å². The van der Waals surface area contributed by atoms with Gasteiger partial charge >= 0.3 is 0 Å². The van der Waals surface area contributed by atoms with Gasteiger partial charge in [0.1, 0.15) is 11.5 Å². The Morgan fingerprint density at radius 2 is 1.70 bits per heavy atom. The Balaban J connectivity index is 2.03. The molecule has 1 aromatic carbocycles. The quantitative estimate of drug-likeness (QED) is 0.692. The van der Waals surface area contributed by atoms with Crippen molar-refractivity contribution in [1.82, 2.24) is 19.6 Å². The van der Waals surface area contributed by atoms with Crippen LogP contribution in [-0.2, 0) is 0 Å². The van der Waals surface area contributed by atoms with Gasteiger partial charge in [0, 0.05) is 5.56 Å². The Labute approximate surface area is 154 Å². The van der Waals surface area contributed by atoms with E-state index in [1.807, 2.05) is 0 Å². The number of rotatable bonds is 5. The van der Waals surface area contributed by atoms with E-state index in [1.165, 1.54) is 38.0 Å². The summed E-state index contributed by atoms with van der Waals surface area (Å²) in [5.41, 5.74) is 0.176. The van der Waals surface area contributed by atoms with Crippen LogP contribution in [-0.4, -0.2) is 46.8 Å². The summed E-state index contributed by atoms with van der Waals surface area (Å²) in [7, 11) is 4.37. The lowest BCUT2D eigenvalue weighted by Crippen LogP contribution is -2.25. The second-order valence-electron chi connectivity index (χ2n) is 5.69. The molecule has 0 saturated heterocycles. The highest BCUT2D eigenvalue weighted by Gasteiger charge is 2.20. The normalized spacial score (nSPS) is 10.7. The first-order valence-corrected chi connectivity index (χ1v) is 7.97.